The molecule has 1 aromatic carbocycles. The molecule has 0 bridgehead atoms. The Balaban J connectivity index is 1.67. The Bertz CT molecular complexity index is 1090. The van der Waals surface area contributed by atoms with Crippen LogP contribution in [0.5, 0.6) is 0 Å². The van der Waals surface area contributed by atoms with E-state index in [1.165, 1.54) is 29.7 Å². The zero-order valence-electron chi connectivity index (χ0n) is 16.4. The normalized spacial score (nSPS) is 17.1. The Morgan fingerprint density at radius 1 is 1.24 bits per heavy atom. The Kier molecular flexibility index (Phi) is 6.08. The van der Waals surface area contributed by atoms with E-state index in [0.717, 1.165) is 10.4 Å². The molecule has 1 aliphatic rings. The first-order valence-electron chi connectivity index (χ1n) is 8.98. The Morgan fingerprint density at radius 3 is 2.48 bits per heavy atom. The van der Waals surface area contributed by atoms with E-state index < -0.39 is 25.9 Å². The molecule has 160 valence electrons. The van der Waals surface area contributed by atoms with Crippen molar-refractivity contribution in [2.75, 3.05) is 26.4 Å². The summed E-state index contributed by atoms with van der Waals surface area (Å²) >= 11 is 0. The van der Waals surface area contributed by atoms with Crippen LogP contribution in [0.3, 0.4) is 0 Å². The van der Waals surface area contributed by atoms with Crippen molar-refractivity contribution in [3.05, 3.63) is 41.3 Å². The fraction of sp³-hybridized carbons (Fsp3) is 0.529. The number of sulfonamides is 2. The lowest BCUT2D eigenvalue weighted by atomic mass is 9.98. The molecule has 9 nitrogen and oxygen atoms in total. The van der Waals surface area contributed by atoms with Crippen LogP contribution in [0.1, 0.15) is 36.0 Å². The second-order valence-electron chi connectivity index (χ2n) is 7.15. The monoisotopic (exact) mass is 446 g/mol. The first-order chi connectivity index (χ1) is 13.5. The summed E-state index contributed by atoms with van der Waals surface area (Å²) in [5, 5.41) is 3.93. The minimum atomic E-state index is -3.92. The smallest absolute Gasteiger partial charge is 0.243 e. The molecule has 12 heteroatoms. The highest BCUT2D eigenvalue weighted by Crippen LogP contribution is 2.27. The van der Waals surface area contributed by atoms with Crippen LogP contribution in [0, 0.1) is 12.7 Å². The average molecular weight is 447 g/mol. The average Bonchev–Trinajstić information content (AvgIpc) is 3.11. The van der Waals surface area contributed by atoms with Crippen molar-refractivity contribution >= 4 is 20.0 Å². The summed E-state index contributed by atoms with van der Waals surface area (Å²) < 4.78 is 69.8. The molecule has 0 N–H and O–H groups in total. The predicted molar refractivity (Wildman–Crippen MR) is 102 cm³/mol. The van der Waals surface area contributed by atoms with Crippen LogP contribution >= 0.6 is 0 Å². The van der Waals surface area contributed by atoms with Crippen molar-refractivity contribution < 1.29 is 25.7 Å². The van der Waals surface area contributed by atoms with Gasteiger partial charge in [-0.1, -0.05) is 11.2 Å². The van der Waals surface area contributed by atoms with Crippen LogP contribution in [0.25, 0.3) is 0 Å². The van der Waals surface area contributed by atoms with E-state index in [0.29, 0.717) is 37.3 Å². The number of hydrogen-bond acceptors (Lipinski definition) is 7. The van der Waals surface area contributed by atoms with Crippen LogP contribution in [0.15, 0.2) is 27.6 Å². The van der Waals surface area contributed by atoms with Gasteiger partial charge in [0.25, 0.3) is 0 Å². The summed E-state index contributed by atoms with van der Waals surface area (Å²) in [6.45, 7) is 2.14. The number of benzene rings is 1. The number of nitrogens with zero attached hydrogens (tertiary/aromatic N) is 4. The number of aryl methyl sites for hydroxylation is 1. The maximum Gasteiger partial charge on any atom is 0.243 e. The zero-order chi connectivity index (χ0) is 21.4. The minimum Gasteiger partial charge on any atom is -0.338 e. The van der Waals surface area contributed by atoms with Crippen molar-refractivity contribution in [2.45, 2.75) is 37.1 Å². The quantitative estimate of drug-likeness (QED) is 0.660. The molecule has 0 radical (unpaired) electrons. The number of rotatable bonds is 6. The summed E-state index contributed by atoms with van der Waals surface area (Å²) in [5.74, 6) is -0.108. The van der Waals surface area contributed by atoms with Crippen LogP contribution in [0.4, 0.5) is 4.39 Å². The first kappa shape index (κ1) is 21.8. The van der Waals surface area contributed by atoms with E-state index in [-0.39, 0.29) is 23.2 Å². The molecule has 0 amide bonds. The molecule has 0 unspecified atom stereocenters. The van der Waals surface area contributed by atoms with Gasteiger partial charge in [-0.2, -0.15) is 9.29 Å². The van der Waals surface area contributed by atoms with Crippen molar-refractivity contribution in [1.29, 1.82) is 0 Å². The molecule has 2 heterocycles. The lowest BCUT2D eigenvalue weighted by Gasteiger charge is -2.28. The number of halogens is 1. The van der Waals surface area contributed by atoms with E-state index in [9.17, 15) is 21.2 Å². The largest absolute Gasteiger partial charge is 0.338 e. The molecule has 0 spiro atoms. The van der Waals surface area contributed by atoms with Gasteiger partial charge in [-0.05, 0) is 37.5 Å². The van der Waals surface area contributed by atoms with Gasteiger partial charge in [0.1, 0.15) is 5.82 Å². The molecular weight excluding hydrogens is 423 g/mol. The van der Waals surface area contributed by atoms with E-state index in [4.69, 9.17) is 4.52 Å². The third kappa shape index (κ3) is 4.82. The third-order valence-electron chi connectivity index (χ3n) is 4.98. The molecular formula is C17H23FN4O5S2. The van der Waals surface area contributed by atoms with E-state index >= 15 is 0 Å². The highest BCUT2D eigenvalue weighted by Gasteiger charge is 2.29. The molecule has 0 atom stereocenters. The van der Waals surface area contributed by atoms with Crippen LogP contribution in [-0.4, -0.2) is 62.0 Å². The van der Waals surface area contributed by atoms with Crippen molar-refractivity contribution in [1.82, 2.24) is 18.8 Å². The van der Waals surface area contributed by atoms with Gasteiger partial charge in [-0.15, -0.1) is 0 Å². The van der Waals surface area contributed by atoms with Gasteiger partial charge >= 0.3 is 0 Å². The summed E-state index contributed by atoms with van der Waals surface area (Å²) in [6, 6.07) is 3.73. The highest BCUT2D eigenvalue weighted by molar-refractivity contribution is 7.89. The SMILES string of the molecule is Cc1ccc(S(=O)(=O)N(C)Cc2nc(C3CCN(S(C)(=O)=O)CC3)no2)cc1F. The minimum absolute atomic E-state index is 0.0568. The van der Waals surface area contributed by atoms with Crippen LogP contribution in [-0.2, 0) is 26.6 Å². The van der Waals surface area contributed by atoms with Gasteiger partial charge in [0.2, 0.25) is 25.9 Å². The van der Waals surface area contributed by atoms with E-state index in [2.05, 4.69) is 10.1 Å². The standard InChI is InChI=1S/C17H23FN4O5S2/c1-12-4-5-14(10-15(12)18)29(25,26)21(2)11-16-19-17(20-27-16)13-6-8-22(9-7-13)28(3,23)24/h4-5,10,13H,6-9,11H2,1-3H3. The number of piperidine rings is 1. The predicted octanol–water partition coefficient (Wildman–Crippen LogP) is 1.48. The van der Waals surface area contributed by atoms with Crippen molar-refractivity contribution in [3.8, 4) is 0 Å². The summed E-state index contributed by atoms with van der Waals surface area (Å²) in [4.78, 5) is 4.12. The summed E-state index contributed by atoms with van der Waals surface area (Å²) in [7, 11) is -5.80. The van der Waals surface area contributed by atoms with E-state index in [1.54, 1.807) is 6.92 Å². The molecule has 29 heavy (non-hydrogen) atoms. The van der Waals surface area contributed by atoms with Gasteiger partial charge in [-0.3, -0.25) is 0 Å². The van der Waals surface area contributed by atoms with Crippen molar-refractivity contribution in [3.63, 3.8) is 0 Å². The second kappa shape index (κ2) is 8.09. The fourth-order valence-electron chi connectivity index (χ4n) is 3.13. The summed E-state index contributed by atoms with van der Waals surface area (Å²) in [6.07, 6.45) is 2.29. The topological polar surface area (TPSA) is 114 Å². The maximum atomic E-state index is 13.7. The second-order valence-corrected chi connectivity index (χ2v) is 11.2. The van der Waals surface area contributed by atoms with Crippen LogP contribution in [0.2, 0.25) is 0 Å². The lowest BCUT2D eigenvalue weighted by molar-refractivity contribution is 0.302. The summed E-state index contributed by atoms with van der Waals surface area (Å²) in [5.41, 5.74) is 0.357. The molecule has 0 saturated carbocycles. The number of aromatic nitrogens is 2. The Labute approximate surface area is 169 Å². The van der Waals surface area contributed by atoms with Gasteiger partial charge in [0, 0.05) is 26.1 Å². The molecule has 1 aliphatic heterocycles. The lowest BCUT2D eigenvalue weighted by Crippen LogP contribution is -2.37. The molecule has 3 rings (SSSR count). The van der Waals surface area contributed by atoms with Gasteiger partial charge in [0.15, 0.2) is 5.82 Å². The fourth-order valence-corrected chi connectivity index (χ4v) is 5.14. The molecule has 2 aromatic rings. The molecule has 1 fully saturated rings. The molecule has 0 aliphatic carbocycles. The highest BCUT2D eigenvalue weighted by atomic mass is 32.2. The van der Waals surface area contributed by atoms with Gasteiger partial charge < -0.3 is 4.52 Å². The number of hydrogen-bond donors (Lipinski definition) is 0. The Morgan fingerprint density at radius 2 is 1.90 bits per heavy atom. The molecule has 1 saturated heterocycles. The van der Waals surface area contributed by atoms with Crippen molar-refractivity contribution in [2.24, 2.45) is 0 Å². The zero-order valence-corrected chi connectivity index (χ0v) is 18.0. The maximum absolute atomic E-state index is 13.7. The van der Waals surface area contributed by atoms with Crippen LogP contribution < -0.4 is 0 Å². The van der Waals surface area contributed by atoms with Gasteiger partial charge in [0.05, 0.1) is 17.7 Å². The Hall–Kier alpha value is -1.89. The van der Waals surface area contributed by atoms with E-state index in [1.807, 2.05) is 0 Å². The third-order valence-corrected chi connectivity index (χ3v) is 8.08. The molecule has 1 aromatic heterocycles. The van der Waals surface area contributed by atoms with Gasteiger partial charge in [-0.25, -0.2) is 25.5 Å². The first-order valence-corrected chi connectivity index (χ1v) is 12.3.